The van der Waals surface area contributed by atoms with Crippen molar-refractivity contribution >= 4 is 61.3 Å². The summed E-state index contributed by atoms with van der Waals surface area (Å²) in [5, 5.41) is 7.14. The van der Waals surface area contributed by atoms with Crippen molar-refractivity contribution in [1.29, 1.82) is 0 Å². The average molecular weight is 402 g/mol. The fourth-order valence-electron chi connectivity index (χ4n) is 4.42. The molecule has 3 aromatic rings. The zero-order chi connectivity index (χ0) is 18.5. The highest BCUT2D eigenvalue weighted by molar-refractivity contribution is 7.35. The molecule has 0 nitrogen and oxygen atoms in total. The van der Waals surface area contributed by atoms with Crippen molar-refractivity contribution < 1.29 is 0 Å². The van der Waals surface area contributed by atoms with Gasteiger partial charge in [0.25, 0.3) is 0 Å². The third-order valence-corrected chi connectivity index (χ3v) is 22.1. The molecule has 0 heterocycles. The maximum Gasteiger partial charge on any atom is 0.145 e. The van der Waals surface area contributed by atoms with E-state index in [1.165, 1.54) is 38.1 Å². The Kier molecular flexibility index (Phi) is 4.91. The Bertz CT molecular complexity index is 828. The number of halogens is 1. The molecule has 0 bridgehead atoms. The molecule has 3 aromatic carbocycles. The van der Waals surface area contributed by atoms with Gasteiger partial charge in [-0.2, -0.15) is 11.1 Å². The molecule has 0 aliphatic carbocycles. The number of rotatable bonds is 5. The van der Waals surface area contributed by atoms with Crippen LogP contribution in [-0.4, -0.2) is 23.5 Å². The maximum absolute atomic E-state index is 7.74. The summed E-state index contributed by atoms with van der Waals surface area (Å²) in [5.74, 6) is 0. The monoisotopic (exact) mass is 401 g/mol. The second-order valence-corrected chi connectivity index (χ2v) is 27.6. The van der Waals surface area contributed by atoms with Crippen LogP contribution in [0, 0.1) is 0 Å². The van der Waals surface area contributed by atoms with Crippen molar-refractivity contribution in [1.82, 2.24) is 0 Å². The van der Waals surface area contributed by atoms with Gasteiger partial charge in [-0.3, -0.25) is 0 Å². The highest BCUT2D eigenvalue weighted by atomic mass is 35.6. The largest absolute Gasteiger partial charge is 0.171 e. The SMILES string of the molecule is C[Si](C)(C)C[Si](Cl)(C[Si](C)(C)C)c1c2ccccc2[c-]2ccccc12. The lowest BCUT2D eigenvalue weighted by Crippen LogP contribution is -2.52. The van der Waals surface area contributed by atoms with Gasteiger partial charge in [0.2, 0.25) is 0 Å². The van der Waals surface area contributed by atoms with Crippen LogP contribution in [0.5, 0.6) is 0 Å². The summed E-state index contributed by atoms with van der Waals surface area (Å²) >= 11 is 7.74. The van der Waals surface area contributed by atoms with E-state index in [1.54, 1.807) is 0 Å². The van der Waals surface area contributed by atoms with Gasteiger partial charge in [-0.25, -0.2) is 0 Å². The second kappa shape index (κ2) is 6.45. The first-order valence-corrected chi connectivity index (χ1v) is 20.1. The molecule has 0 unspecified atom stereocenters. The lowest BCUT2D eigenvalue weighted by atomic mass is 10.2. The molecule has 4 heteroatoms. The number of hydrogen-bond donors (Lipinski definition) is 0. The summed E-state index contributed by atoms with van der Waals surface area (Å²) < 4.78 is 0. The van der Waals surface area contributed by atoms with Gasteiger partial charge < -0.3 is 0 Å². The summed E-state index contributed by atoms with van der Waals surface area (Å²) in [6, 6.07) is 17.8. The third-order valence-electron chi connectivity index (χ3n) is 4.75. The van der Waals surface area contributed by atoms with Gasteiger partial charge in [-0.15, -0.1) is 40.9 Å². The molecular formula is C21H30ClSi3-. The Morgan fingerprint density at radius 2 is 1.28 bits per heavy atom. The minimum Gasteiger partial charge on any atom is -0.171 e. The van der Waals surface area contributed by atoms with Crippen molar-refractivity contribution in [3.63, 3.8) is 0 Å². The Balaban J connectivity index is 2.35. The lowest BCUT2D eigenvalue weighted by molar-refractivity contribution is 1.52. The van der Waals surface area contributed by atoms with Crippen LogP contribution in [0.2, 0.25) is 50.6 Å². The van der Waals surface area contributed by atoms with Gasteiger partial charge in [0.05, 0.1) is 0 Å². The van der Waals surface area contributed by atoms with Crippen molar-refractivity contribution in [3.8, 4) is 0 Å². The standard InChI is InChI=1S/C21H30ClSi3/c1-23(2,3)15-25(22,16-24(4,5)6)21-19-13-9-7-11-17(19)18-12-8-10-14-20(18)21/h7-14H,15-16H2,1-6H3/q-1. The summed E-state index contributed by atoms with van der Waals surface area (Å²) in [4.78, 5) is 0. The zero-order valence-electron chi connectivity index (χ0n) is 16.4. The van der Waals surface area contributed by atoms with Crippen molar-refractivity contribution in [2.45, 2.75) is 50.6 Å². The molecule has 0 spiro atoms. The fourth-order valence-corrected chi connectivity index (χ4v) is 30.1. The molecule has 0 amide bonds. The molecule has 3 rings (SSSR count). The van der Waals surface area contributed by atoms with E-state index in [0.29, 0.717) is 0 Å². The smallest absolute Gasteiger partial charge is 0.145 e. The molecule has 0 aliphatic rings. The zero-order valence-corrected chi connectivity index (χ0v) is 20.2. The van der Waals surface area contributed by atoms with E-state index in [0.717, 1.165) is 0 Å². The number of hydrogen-bond acceptors (Lipinski definition) is 0. The maximum atomic E-state index is 7.74. The summed E-state index contributed by atoms with van der Waals surface area (Å²) in [6.07, 6.45) is 0. The third kappa shape index (κ3) is 4.00. The van der Waals surface area contributed by atoms with Gasteiger partial charge in [0.1, 0.15) is 7.38 Å². The Morgan fingerprint density at radius 3 is 1.88 bits per heavy atom. The van der Waals surface area contributed by atoms with E-state index in [-0.39, 0.29) is 0 Å². The van der Waals surface area contributed by atoms with Crippen LogP contribution in [0.3, 0.4) is 0 Å². The van der Waals surface area contributed by atoms with Crippen molar-refractivity contribution in [2.75, 3.05) is 0 Å². The first kappa shape index (κ1) is 19.0. The highest BCUT2D eigenvalue weighted by Crippen LogP contribution is 2.37. The van der Waals surface area contributed by atoms with Gasteiger partial charge in [-0.05, 0) is 0 Å². The van der Waals surface area contributed by atoms with Crippen LogP contribution in [0.1, 0.15) is 0 Å². The molecule has 0 saturated carbocycles. The Morgan fingerprint density at radius 1 is 0.760 bits per heavy atom. The minimum absolute atomic E-state index is 1.27. The molecule has 0 fully saturated rings. The molecule has 25 heavy (non-hydrogen) atoms. The topological polar surface area (TPSA) is 0 Å². The van der Waals surface area contributed by atoms with Crippen LogP contribution < -0.4 is 5.19 Å². The first-order chi connectivity index (χ1) is 11.5. The predicted octanol–water partition coefficient (Wildman–Crippen LogP) is 6.86. The van der Waals surface area contributed by atoms with Crippen LogP contribution in [0.4, 0.5) is 0 Å². The molecule has 0 aromatic heterocycles. The average Bonchev–Trinajstić information content (AvgIpc) is 2.78. The quantitative estimate of drug-likeness (QED) is 0.249. The summed E-state index contributed by atoms with van der Waals surface area (Å²) in [7, 11) is -4.62. The summed E-state index contributed by atoms with van der Waals surface area (Å²) in [5.41, 5.74) is 2.54. The van der Waals surface area contributed by atoms with E-state index >= 15 is 0 Å². The van der Waals surface area contributed by atoms with Crippen molar-refractivity contribution in [2.24, 2.45) is 0 Å². The lowest BCUT2D eigenvalue weighted by Gasteiger charge is -2.38. The van der Waals surface area contributed by atoms with E-state index < -0.39 is 23.5 Å². The van der Waals surface area contributed by atoms with E-state index in [9.17, 15) is 0 Å². The fraction of sp³-hybridized carbons (Fsp3) is 0.381. The van der Waals surface area contributed by atoms with Crippen LogP contribution in [0.25, 0.3) is 21.5 Å². The van der Waals surface area contributed by atoms with E-state index in [2.05, 4.69) is 87.8 Å². The van der Waals surface area contributed by atoms with Crippen LogP contribution in [-0.2, 0) is 0 Å². The number of fused-ring (bicyclic) bond motifs is 3. The predicted molar refractivity (Wildman–Crippen MR) is 125 cm³/mol. The van der Waals surface area contributed by atoms with E-state index in [1.807, 2.05) is 0 Å². The molecule has 0 radical (unpaired) electrons. The van der Waals surface area contributed by atoms with Gasteiger partial charge in [0, 0.05) is 16.1 Å². The first-order valence-electron chi connectivity index (χ1n) is 9.26. The summed E-state index contributed by atoms with van der Waals surface area (Å²) in [6.45, 7) is 14.9. The molecule has 0 aliphatic heterocycles. The molecule has 0 saturated heterocycles. The van der Waals surface area contributed by atoms with Crippen LogP contribution >= 0.6 is 11.1 Å². The van der Waals surface area contributed by atoms with E-state index in [4.69, 9.17) is 11.1 Å². The van der Waals surface area contributed by atoms with Crippen molar-refractivity contribution in [3.05, 3.63) is 48.5 Å². The van der Waals surface area contributed by atoms with Gasteiger partial charge in [-0.1, -0.05) is 85.0 Å². The Hall–Kier alpha value is -0.749. The van der Waals surface area contributed by atoms with Gasteiger partial charge >= 0.3 is 0 Å². The molecule has 0 N–H and O–H groups in total. The molecule has 134 valence electrons. The number of benzene rings is 2. The highest BCUT2D eigenvalue weighted by Gasteiger charge is 2.41. The molecule has 0 atom stereocenters. The molecular weight excluding hydrogens is 372 g/mol. The minimum atomic E-state index is -2.08. The van der Waals surface area contributed by atoms with Gasteiger partial charge in [0.15, 0.2) is 0 Å². The van der Waals surface area contributed by atoms with Crippen LogP contribution in [0.15, 0.2) is 48.5 Å². The normalized spacial score (nSPS) is 13.7. The second-order valence-electron chi connectivity index (χ2n) is 9.91. The Labute approximate surface area is 160 Å².